The summed E-state index contributed by atoms with van der Waals surface area (Å²) in [6.07, 6.45) is 2.17. The number of hydrogen-bond donors (Lipinski definition) is 1. The molecule has 0 aliphatic carbocycles. The molecule has 1 unspecified atom stereocenters. The lowest BCUT2D eigenvalue weighted by Crippen LogP contribution is -2.26. The number of nitrogens with one attached hydrogen (secondary N) is 1. The second-order valence-corrected chi connectivity index (χ2v) is 8.76. The molecule has 1 atom stereocenters. The summed E-state index contributed by atoms with van der Waals surface area (Å²) in [4.78, 5) is 0. The lowest BCUT2D eigenvalue weighted by Gasteiger charge is -2.18. The monoisotopic (exact) mass is 481 g/mol. The Kier molecular flexibility index (Phi) is 8.98. The maximum Gasteiger partial charge on any atom is 0.162 e. The van der Waals surface area contributed by atoms with Crippen LogP contribution in [-0.4, -0.2) is 12.6 Å². The van der Waals surface area contributed by atoms with Crippen molar-refractivity contribution < 1.29 is 9.47 Å². The minimum absolute atomic E-state index is 0.417. The van der Waals surface area contributed by atoms with Crippen LogP contribution in [0.5, 0.6) is 11.5 Å². The Labute approximate surface area is 194 Å². The van der Waals surface area contributed by atoms with Crippen LogP contribution in [0.1, 0.15) is 42.5 Å². The molecule has 0 aromatic heterocycles. The SMILES string of the molecule is CCOc1cc(CNC(C)CCc2ccccc2)c(Br)cc1OCc1cccc(C)c1. The van der Waals surface area contributed by atoms with Crippen LogP contribution in [0, 0.1) is 6.92 Å². The maximum absolute atomic E-state index is 6.10. The predicted octanol–water partition coefficient (Wildman–Crippen LogP) is 6.85. The zero-order valence-electron chi connectivity index (χ0n) is 18.7. The summed E-state index contributed by atoms with van der Waals surface area (Å²) in [7, 11) is 0. The summed E-state index contributed by atoms with van der Waals surface area (Å²) in [5.41, 5.74) is 4.93. The molecule has 3 aromatic rings. The van der Waals surface area contributed by atoms with Gasteiger partial charge in [-0.05, 0) is 62.4 Å². The van der Waals surface area contributed by atoms with Crippen molar-refractivity contribution >= 4 is 15.9 Å². The predicted molar refractivity (Wildman–Crippen MR) is 132 cm³/mol. The Morgan fingerprint density at radius 2 is 1.65 bits per heavy atom. The number of benzene rings is 3. The molecule has 0 saturated carbocycles. The third-order valence-electron chi connectivity index (χ3n) is 5.24. The van der Waals surface area contributed by atoms with E-state index in [2.05, 4.69) is 95.8 Å². The number of ether oxygens (including phenoxy) is 2. The first-order valence-electron chi connectivity index (χ1n) is 11.0. The standard InChI is InChI=1S/C27H32BrNO2/c1-4-30-26-16-24(18-29-21(3)13-14-22-10-6-5-7-11-22)25(28)17-27(26)31-19-23-12-8-9-20(2)15-23/h5-12,15-17,21,29H,4,13-14,18-19H2,1-3H3. The van der Waals surface area contributed by atoms with Crippen LogP contribution < -0.4 is 14.8 Å². The summed E-state index contributed by atoms with van der Waals surface area (Å²) >= 11 is 3.72. The van der Waals surface area contributed by atoms with Crippen LogP contribution in [0.25, 0.3) is 0 Å². The van der Waals surface area contributed by atoms with E-state index in [1.807, 2.05) is 13.0 Å². The molecule has 4 heteroatoms. The fraction of sp³-hybridized carbons (Fsp3) is 0.333. The summed E-state index contributed by atoms with van der Waals surface area (Å²) < 4.78 is 13.0. The minimum Gasteiger partial charge on any atom is -0.490 e. The van der Waals surface area contributed by atoms with Gasteiger partial charge < -0.3 is 14.8 Å². The van der Waals surface area contributed by atoms with Gasteiger partial charge >= 0.3 is 0 Å². The largest absolute Gasteiger partial charge is 0.490 e. The molecule has 164 valence electrons. The lowest BCUT2D eigenvalue weighted by atomic mass is 10.1. The second-order valence-electron chi connectivity index (χ2n) is 7.91. The quantitative estimate of drug-likeness (QED) is 0.324. The molecule has 0 aliphatic heterocycles. The van der Waals surface area contributed by atoms with E-state index in [1.54, 1.807) is 0 Å². The van der Waals surface area contributed by atoms with Crippen molar-refractivity contribution in [2.75, 3.05) is 6.61 Å². The molecule has 0 spiro atoms. The highest BCUT2D eigenvalue weighted by atomic mass is 79.9. The Bertz CT molecular complexity index is 959. The third-order valence-corrected chi connectivity index (χ3v) is 5.98. The Balaban J connectivity index is 1.60. The molecule has 0 fully saturated rings. The Morgan fingerprint density at radius 1 is 0.903 bits per heavy atom. The first-order valence-corrected chi connectivity index (χ1v) is 11.7. The molecule has 0 aliphatic rings. The van der Waals surface area contributed by atoms with Gasteiger partial charge in [-0.1, -0.05) is 76.1 Å². The average Bonchev–Trinajstić information content (AvgIpc) is 2.77. The molecular weight excluding hydrogens is 450 g/mol. The van der Waals surface area contributed by atoms with Gasteiger partial charge in [0.2, 0.25) is 0 Å². The highest BCUT2D eigenvalue weighted by Crippen LogP contribution is 2.34. The van der Waals surface area contributed by atoms with Gasteiger partial charge in [0.15, 0.2) is 11.5 Å². The summed E-state index contributed by atoms with van der Waals surface area (Å²) in [6.45, 7) is 8.21. The van der Waals surface area contributed by atoms with Crippen molar-refractivity contribution in [1.82, 2.24) is 5.32 Å². The molecule has 0 radical (unpaired) electrons. The van der Waals surface area contributed by atoms with Crippen LogP contribution in [0.4, 0.5) is 0 Å². The van der Waals surface area contributed by atoms with E-state index >= 15 is 0 Å². The molecule has 31 heavy (non-hydrogen) atoms. The third kappa shape index (κ3) is 7.41. The van der Waals surface area contributed by atoms with Crippen molar-refractivity contribution in [1.29, 1.82) is 0 Å². The smallest absolute Gasteiger partial charge is 0.162 e. The van der Waals surface area contributed by atoms with Gasteiger partial charge in [-0.2, -0.15) is 0 Å². The first-order chi connectivity index (χ1) is 15.0. The normalized spacial score (nSPS) is 11.9. The van der Waals surface area contributed by atoms with Crippen LogP contribution >= 0.6 is 15.9 Å². The fourth-order valence-corrected chi connectivity index (χ4v) is 3.93. The molecule has 3 rings (SSSR count). The number of halogens is 1. The molecule has 0 heterocycles. The van der Waals surface area contributed by atoms with Crippen molar-refractivity contribution in [3.63, 3.8) is 0 Å². The fourth-order valence-electron chi connectivity index (χ4n) is 3.47. The summed E-state index contributed by atoms with van der Waals surface area (Å²) in [5.74, 6) is 1.54. The van der Waals surface area contributed by atoms with Crippen molar-refractivity contribution in [3.05, 3.63) is 93.5 Å². The topological polar surface area (TPSA) is 30.5 Å². The van der Waals surface area contributed by atoms with Crippen molar-refractivity contribution in [2.24, 2.45) is 0 Å². The highest BCUT2D eigenvalue weighted by molar-refractivity contribution is 9.10. The molecular formula is C27H32BrNO2. The minimum atomic E-state index is 0.417. The van der Waals surface area contributed by atoms with Gasteiger partial charge in [0.25, 0.3) is 0 Å². The zero-order valence-corrected chi connectivity index (χ0v) is 20.2. The second kappa shape index (κ2) is 11.9. The van der Waals surface area contributed by atoms with Gasteiger partial charge in [-0.3, -0.25) is 0 Å². The Morgan fingerprint density at radius 3 is 2.39 bits per heavy atom. The molecule has 3 nitrogen and oxygen atoms in total. The van der Waals surface area contributed by atoms with Gasteiger partial charge in [-0.25, -0.2) is 0 Å². The number of rotatable bonds is 11. The van der Waals surface area contributed by atoms with Crippen LogP contribution in [0.2, 0.25) is 0 Å². The van der Waals surface area contributed by atoms with E-state index in [1.165, 1.54) is 11.1 Å². The summed E-state index contributed by atoms with van der Waals surface area (Å²) in [5, 5.41) is 3.64. The average molecular weight is 482 g/mol. The van der Waals surface area contributed by atoms with E-state index in [4.69, 9.17) is 9.47 Å². The Hall–Kier alpha value is -2.30. The highest BCUT2D eigenvalue weighted by Gasteiger charge is 2.12. The molecule has 0 bridgehead atoms. The van der Waals surface area contributed by atoms with Gasteiger partial charge in [0, 0.05) is 17.1 Å². The lowest BCUT2D eigenvalue weighted by molar-refractivity contribution is 0.268. The van der Waals surface area contributed by atoms with E-state index in [0.717, 1.165) is 46.5 Å². The molecule has 3 aromatic carbocycles. The van der Waals surface area contributed by atoms with Gasteiger partial charge in [-0.15, -0.1) is 0 Å². The molecule has 0 saturated heterocycles. The van der Waals surface area contributed by atoms with E-state index in [-0.39, 0.29) is 0 Å². The van der Waals surface area contributed by atoms with Crippen LogP contribution in [-0.2, 0) is 19.6 Å². The van der Waals surface area contributed by atoms with Crippen molar-refractivity contribution in [2.45, 2.75) is 52.8 Å². The van der Waals surface area contributed by atoms with Crippen molar-refractivity contribution in [3.8, 4) is 11.5 Å². The zero-order chi connectivity index (χ0) is 22.1. The van der Waals surface area contributed by atoms with Gasteiger partial charge in [0.05, 0.1) is 6.61 Å². The van der Waals surface area contributed by atoms with Crippen LogP contribution in [0.15, 0.2) is 71.2 Å². The van der Waals surface area contributed by atoms with E-state index < -0.39 is 0 Å². The molecule has 1 N–H and O–H groups in total. The number of aryl methyl sites for hydroxylation is 2. The molecule has 0 amide bonds. The van der Waals surface area contributed by atoms with E-state index in [0.29, 0.717) is 19.3 Å². The van der Waals surface area contributed by atoms with Crippen LogP contribution in [0.3, 0.4) is 0 Å². The van der Waals surface area contributed by atoms with E-state index in [9.17, 15) is 0 Å². The summed E-state index contributed by atoms with van der Waals surface area (Å²) in [6, 6.07) is 23.5. The first kappa shape index (κ1) is 23.4. The maximum atomic E-state index is 6.10. The van der Waals surface area contributed by atoms with Gasteiger partial charge in [0.1, 0.15) is 6.61 Å². The number of hydrogen-bond acceptors (Lipinski definition) is 3.